The number of fused-ring (bicyclic) bond motifs is 1. The van der Waals surface area contributed by atoms with Crippen LogP contribution in [0.4, 0.5) is 4.39 Å². The van der Waals surface area contributed by atoms with E-state index in [0.29, 0.717) is 5.41 Å². The first-order valence-corrected chi connectivity index (χ1v) is 7.99. The third-order valence-electron chi connectivity index (χ3n) is 6.19. The van der Waals surface area contributed by atoms with Gasteiger partial charge < -0.3 is 4.98 Å². The Morgan fingerprint density at radius 1 is 0.950 bits per heavy atom. The lowest BCUT2D eigenvalue weighted by molar-refractivity contribution is -0.00686. The van der Waals surface area contributed by atoms with Crippen molar-refractivity contribution in [2.75, 3.05) is 0 Å². The first-order chi connectivity index (χ1) is 9.70. The van der Waals surface area contributed by atoms with Crippen LogP contribution < -0.4 is 0 Å². The number of hydrogen-bond donors (Lipinski definition) is 1. The van der Waals surface area contributed by atoms with Crippen LogP contribution in [0, 0.1) is 23.6 Å². The summed E-state index contributed by atoms with van der Waals surface area (Å²) < 4.78 is 13.4. The van der Waals surface area contributed by atoms with E-state index < -0.39 is 0 Å². The van der Waals surface area contributed by atoms with Gasteiger partial charge in [0.1, 0.15) is 5.82 Å². The van der Waals surface area contributed by atoms with Crippen molar-refractivity contribution in [2.45, 2.75) is 43.9 Å². The van der Waals surface area contributed by atoms with E-state index in [9.17, 15) is 4.39 Å². The monoisotopic (exact) mass is 269 g/mol. The molecule has 1 aromatic carbocycles. The van der Waals surface area contributed by atoms with Gasteiger partial charge in [-0.2, -0.15) is 0 Å². The molecular weight excluding hydrogens is 249 g/mol. The lowest BCUT2D eigenvalue weighted by Crippen LogP contribution is -2.48. The van der Waals surface area contributed by atoms with Gasteiger partial charge in [-0.15, -0.1) is 0 Å². The van der Waals surface area contributed by atoms with Crippen LogP contribution in [0.3, 0.4) is 0 Å². The fourth-order valence-electron chi connectivity index (χ4n) is 5.83. The van der Waals surface area contributed by atoms with E-state index in [2.05, 4.69) is 11.1 Å². The second-order valence-corrected chi connectivity index (χ2v) is 7.61. The van der Waals surface area contributed by atoms with E-state index in [-0.39, 0.29) is 5.82 Å². The second-order valence-electron chi connectivity index (χ2n) is 7.61. The van der Waals surface area contributed by atoms with E-state index in [1.807, 2.05) is 6.07 Å². The van der Waals surface area contributed by atoms with Gasteiger partial charge in [0.25, 0.3) is 0 Å². The molecule has 0 amide bonds. The zero-order chi connectivity index (χ0) is 13.3. The van der Waals surface area contributed by atoms with Crippen molar-refractivity contribution in [3.05, 3.63) is 35.8 Å². The molecule has 4 aliphatic rings. The van der Waals surface area contributed by atoms with Crippen LogP contribution in [0.15, 0.2) is 24.3 Å². The molecule has 0 radical (unpaired) electrons. The highest BCUT2D eigenvalue weighted by atomic mass is 19.1. The average Bonchev–Trinajstić information content (AvgIpc) is 2.80. The van der Waals surface area contributed by atoms with Crippen LogP contribution in [0.5, 0.6) is 0 Å². The molecule has 0 aliphatic heterocycles. The fraction of sp³-hybridized carbons (Fsp3) is 0.556. The number of rotatable bonds is 1. The molecule has 0 atom stereocenters. The number of H-pyrrole nitrogens is 1. The number of hydrogen-bond acceptors (Lipinski definition) is 0. The highest BCUT2D eigenvalue weighted by Gasteiger charge is 2.52. The van der Waals surface area contributed by atoms with E-state index in [0.717, 1.165) is 28.7 Å². The van der Waals surface area contributed by atoms with Gasteiger partial charge in [-0.3, -0.25) is 0 Å². The number of aromatic amines is 1. The van der Waals surface area contributed by atoms with Crippen LogP contribution >= 0.6 is 0 Å². The minimum absolute atomic E-state index is 0.131. The number of aromatic nitrogens is 1. The van der Waals surface area contributed by atoms with Crippen molar-refractivity contribution in [3.8, 4) is 0 Å². The molecule has 1 heterocycles. The fourth-order valence-corrected chi connectivity index (χ4v) is 5.83. The first-order valence-electron chi connectivity index (χ1n) is 7.99. The molecule has 4 bridgehead atoms. The van der Waals surface area contributed by atoms with Crippen molar-refractivity contribution in [3.63, 3.8) is 0 Å². The van der Waals surface area contributed by atoms with Crippen molar-refractivity contribution in [1.82, 2.24) is 4.98 Å². The Morgan fingerprint density at radius 3 is 2.25 bits per heavy atom. The molecule has 2 heteroatoms. The highest BCUT2D eigenvalue weighted by molar-refractivity contribution is 5.80. The second kappa shape index (κ2) is 3.66. The zero-order valence-corrected chi connectivity index (χ0v) is 11.7. The summed E-state index contributed by atoms with van der Waals surface area (Å²) in [5.74, 6) is 2.71. The van der Waals surface area contributed by atoms with E-state index in [1.165, 1.54) is 44.2 Å². The molecule has 4 saturated carbocycles. The average molecular weight is 269 g/mol. The molecule has 1 N–H and O–H groups in total. The van der Waals surface area contributed by atoms with E-state index >= 15 is 0 Å². The van der Waals surface area contributed by atoms with Gasteiger partial charge >= 0.3 is 0 Å². The Labute approximate surface area is 118 Å². The molecule has 0 saturated heterocycles. The van der Waals surface area contributed by atoms with Gasteiger partial charge in [0.05, 0.1) is 0 Å². The molecule has 20 heavy (non-hydrogen) atoms. The lowest BCUT2D eigenvalue weighted by atomic mass is 9.49. The normalized spacial score (nSPS) is 38.8. The van der Waals surface area contributed by atoms with Crippen LogP contribution in [0.1, 0.15) is 44.2 Å². The maximum atomic E-state index is 13.4. The molecule has 1 aromatic heterocycles. The van der Waals surface area contributed by atoms with E-state index in [1.54, 1.807) is 12.1 Å². The van der Waals surface area contributed by atoms with Gasteiger partial charge in [-0.1, -0.05) is 0 Å². The lowest BCUT2D eigenvalue weighted by Gasteiger charge is -2.56. The summed E-state index contributed by atoms with van der Waals surface area (Å²) in [7, 11) is 0. The molecule has 104 valence electrons. The molecule has 0 spiro atoms. The van der Waals surface area contributed by atoms with Gasteiger partial charge in [0.15, 0.2) is 0 Å². The molecule has 1 nitrogen and oxygen atoms in total. The highest BCUT2D eigenvalue weighted by Crippen LogP contribution is 2.60. The molecule has 4 fully saturated rings. The molecule has 4 aliphatic carbocycles. The molecule has 2 aromatic rings. The Morgan fingerprint density at radius 2 is 1.60 bits per heavy atom. The largest absolute Gasteiger partial charge is 0.358 e. The first kappa shape index (κ1) is 11.4. The number of nitrogens with one attached hydrogen (secondary N) is 1. The van der Waals surface area contributed by atoms with Crippen molar-refractivity contribution in [1.29, 1.82) is 0 Å². The van der Waals surface area contributed by atoms with Gasteiger partial charge in [0.2, 0.25) is 0 Å². The summed E-state index contributed by atoms with van der Waals surface area (Å²) in [6, 6.07) is 7.33. The van der Waals surface area contributed by atoms with Crippen molar-refractivity contribution >= 4 is 10.9 Å². The van der Waals surface area contributed by atoms with Crippen LogP contribution in [0.25, 0.3) is 10.9 Å². The Kier molecular flexibility index (Phi) is 2.08. The molecular formula is C18H20FN. The molecule has 0 unspecified atom stereocenters. The van der Waals surface area contributed by atoms with Gasteiger partial charge in [-0.25, -0.2) is 4.39 Å². The summed E-state index contributed by atoms with van der Waals surface area (Å²) in [6.07, 6.45) is 8.47. The van der Waals surface area contributed by atoms with Crippen LogP contribution in [-0.2, 0) is 5.41 Å². The van der Waals surface area contributed by atoms with Gasteiger partial charge in [-0.05, 0) is 80.5 Å². The summed E-state index contributed by atoms with van der Waals surface area (Å²) in [5.41, 5.74) is 2.86. The maximum absolute atomic E-state index is 13.4. The minimum Gasteiger partial charge on any atom is -0.358 e. The van der Waals surface area contributed by atoms with Crippen molar-refractivity contribution < 1.29 is 4.39 Å². The topological polar surface area (TPSA) is 15.8 Å². The minimum atomic E-state index is -0.131. The summed E-state index contributed by atoms with van der Waals surface area (Å²) in [4.78, 5) is 3.61. The predicted octanol–water partition coefficient (Wildman–Crippen LogP) is 4.77. The van der Waals surface area contributed by atoms with Crippen LogP contribution in [0.2, 0.25) is 0 Å². The Balaban J connectivity index is 1.63. The quantitative estimate of drug-likeness (QED) is 0.767. The summed E-state index contributed by atoms with van der Waals surface area (Å²) >= 11 is 0. The van der Waals surface area contributed by atoms with Crippen molar-refractivity contribution in [2.24, 2.45) is 17.8 Å². The Hall–Kier alpha value is -1.31. The summed E-state index contributed by atoms with van der Waals surface area (Å²) in [6.45, 7) is 0. The third-order valence-corrected chi connectivity index (χ3v) is 6.19. The van der Waals surface area contributed by atoms with Gasteiger partial charge in [0, 0.05) is 22.0 Å². The third kappa shape index (κ3) is 1.48. The SMILES string of the molecule is Fc1ccc2[nH]c(C34CC5CC(CC(C5)C3)C4)cc2c1. The molecule has 6 rings (SSSR count). The standard InChI is InChI=1S/C18H20FN/c19-15-1-2-16-14(6-15)7-17(20-16)18-8-11-3-12(9-18)5-13(4-11)10-18/h1-2,6-7,11-13,20H,3-5,8-10H2. The number of benzene rings is 1. The predicted molar refractivity (Wildman–Crippen MR) is 78.1 cm³/mol. The van der Waals surface area contributed by atoms with Crippen LogP contribution in [-0.4, -0.2) is 4.98 Å². The summed E-state index contributed by atoms with van der Waals surface area (Å²) in [5, 5.41) is 1.04. The zero-order valence-electron chi connectivity index (χ0n) is 11.7. The Bertz CT molecular complexity index is 648. The van der Waals surface area contributed by atoms with E-state index in [4.69, 9.17) is 0 Å². The number of halogens is 1. The smallest absolute Gasteiger partial charge is 0.123 e. The maximum Gasteiger partial charge on any atom is 0.123 e.